The molecular formula is C31H30ClF2N7O4. The first kappa shape index (κ1) is 28.4. The van der Waals surface area contributed by atoms with Crippen LogP contribution in [0.25, 0.3) is 39.1 Å². The molecule has 5 aliphatic heterocycles. The number of ether oxygens (including phenoxy) is 3. The van der Waals surface area contributed by atoms with Crippen molar-refractivity contribution in [1.29, 1.82) is 0 Å². The maximum atomic E-state index is 16.9. The van der Waals surface area contributed by atoms with Crippen LogP contribution >= 0.6 is 11.6 Å². The average Bonchev–Trinajstić information content (AvgIpc) is 3.72. The number of nitrogens with one attached hydrogen (secondary N) is 1. The molecule has 11 nitrogen and oxygen atoms in total. The number of alkyl halides is 1. The summed E-state index contributed by atoms with van der Waals surface area (Å²) < 4.78 is 48.5. The van der Waals surface area contributed by atoms with Crippen LogP contribution < -0.4 is 9.64 Å². The van der Waals surface area contributed by atoms with Crippen LogP contribution in [-0.2, 0) is 9.47 Å². The summed E-state index contributed by atoms with van der Waals surface area (Å²) in [6.07, 6.45) is 7.71. The van der Waals surface area contributed by atoms with Crippen molar-refractivity contribution in [1.82, 2.24) is 30.0 Å². The molecule has 14 heteroatoms. The number of aromatic nitrogens is 5. The summed E-state index contributed by atoms with van der Waals surface area (Å²) in [5.41, 5.74) is 1.07. The van der Waals surface area contributed by atoms with Crippen molar-refractivity contribution in [3.63, 3.8) is 0 Å². The number of halogens is 3. The molecule has 45 heavy (non-hydrogen) atoms. The monoisotopic (exact) mass is 637 g/mol. The molecule has 234 valence electrons. The highest BCUT2D eigenvalue weighted by molar-refractivity contribution is 6.33. The van der Waals surface area contributed by atoms with Crippen molar-refractivity contribution < 1.29 is 27.8 Å². The molecule has 4 aromatic rings. The molecule has 3 fully saturated rings. The van der Waals surface area contributed by atoms with Crippen LogP contribution in [0.15, 0.2) is 24.5 Å². The predicted molar refractivity (Wildman–Crippen MR) is 163 cm³/mol. The van der Waals surface area contributed by atoms with E-state index in [1.54, 1.807) is 30.6 Å². The third-order valence-electron chi connectivity index (χ3n) is 9.37. The topological polar surface area (TPSA) is 119 Å². The Kier molecular flexibility index (Phi) is 6.97. The maximum absolute atomic E-state index is 16.9. The largest absolute Gasteiger partial charge is 0.508 e. The van der Waals surface area contributed by atoms with E-state index >= 15 is 4.39 Å². The second kappa shape index (κ2) is 11.1. The van der Waals surface area contributed by atoms with Gasteiger partial charge < -0.3 is 19.1 Å². The summed E-state index contributed by atoms with van der Waals surface area (Å²) in [4.78, 5) is 30.6. The number of rotatable bonds is 3. The lowest BCUT2D eigenvalue weighted by Gasteiger charge is -2.34. The lowest BCUT2D eigenvalue weighted by Crippen LogP contribution is -2.43. The van der Waals surface area contributed by atoms with E-state index in [1.165, 1.54) is 0 Å². The SMILES string of the molecule is O=C1OC/C=C/c2c(Cl)cc3[nH]ncc3c2-c2ncc3c(nc(OC[C@]45CCCN4C[C@H](F)C5)nc3c2F)N2CCC[C@H](C2)O1. The molecule has 1 N–H and O–H groups in total. The second-order valence-corrected chi connectivity index (χ2v) is 12.6. The van der Waals surface area contributed by atoms with Crippen LogP contribution in [-0.4, -0.2) is 93.4 Å². The summed E-state index contributed by atoms with van der Waals surface area (Å²) in [7, 11) is 0. The molecular weight excluding hydrogens is 608 g/mol. The van der Waals surface area contributed by atoms with Crippen molar-refractivity contribution in [2.75, 3.05) is 44.3 Å². The van der Waals surface area contributed by atoms with Gasteiger partial charge in [-0.25, -0.2) is 13.6 Å². The molecule has 9 rings (SSSR count). The molecule has 6 bridgehead atoms. The molecule has 0 radical (unpaired) electrons. The summed E-state index contributed by atoms with van der Waals surface area (Å²) >= 11 is 6.69. The fraction of sp³-hybridized carbons (Fsp3) is 0.452. The van der Waals surface area contributed by atoms with E-state index in [0.29, 0.717) is 77.2 Å². The first-order valence-electron chi connectivity index (χ1n) is 15.2. The quantitative estimate of drug-likeness (QED) is 0.290. The summed E-state index contributed by atoms with van der Waals surface area (Å²) in [6, 6.07) is 1.68. The molecule has 5 aliphatic rings. The number of hydrogen-bond donors (Lipinski definition) is 1. The van der Waals surface area contributed by atoms with Crippen LogP contribution in [0.5, 0.6) is 6.01 Å². The number of nitrogens with zero attached hydrogens (tertiary/aromatic N) is 6. The number of aromatic amines is 1. The molecule has 0 unspecified atom stereocenters. The Morgan fingerprint density at radius 3 is 3.00 bits per heavy atom. The standard InChI is InChI=1S/C31H30ClF2N7O4/c32-22-10-23-20(13-36-39-23)24-19(22)5-2-9-43-30(42)45-18-4-1-7-40(15-18)28-21-12-35-27(24)25(34)26(21)37-29(38-28)44-16-31-6-3-8-41(31)14-17(33)11-31/h2,5,10,12-13,17-18H,1,3-4,6-9,11,14-16H2,(H,36,39)/b5-2+/t17-,18-,31-/m1/s1. The third-order valence-corrected chi connectivity index (χ3v) is 9.68. The van der Waals surface area contributed by atoms with E-state index in [2.05, 4.69) is 25.1 Å². The second-order valence-electron chi connectivity index (χ2n) is 12.1. The van der Waals surface area contributed by atoms with Gasteiger partial charge in [-0.1, -0.05) is 17.7 Å². The minimum Gasteiger partial charge on any atom is -0.461 e. The maximum Gasteiger partial charge on any atom is 0.508 e. The molecule has 1 aromatic carbocycles. The van der Waals surface area contributed by atoms with E-state index in [1.807, 2.05) is 4.90 Å². The first-order valence-corrected chi connectivity index (χ1v) is 15.6. The van der Waals surface area contributed by atoms with Gasteiger partial charge in [0.2, 0.25) is 0 Å². The summed E-state index contributed by atoms with van der Waals surface area (Å²) in [5, 5.41) is 8.33. The lowest BCUT2D eigenvalue weighted by molar-refractivity contribution is 0.0248. The Balaban J connectivity index is 1.30. The van der Waals surface area contributed by atoms with Crippen LogP contribution in [0.3, 0.4) is 0 Å². The Morgan fingerprint density at radius 1 is 1.18 bits per heavy atom. The molecule has 8 heterocycles. The van der Waals surface area contributed by atoms with Gasteiger partial charge in [-0.2, -0.15) is 15.1 Å². The van der Waals surface area contributed by atoms with Crippen molar-refractivity contribution in [2.45, 2.75) is 49.9 Å². The number of pyridine rings is 1. The van der Waals surface area contributed by atoms with Crippen molar-refractivity contribution in [2.24, 2.45) is 0 Å². The smallest absolute Gasteiger partial charge is 0.461 e. The van der Waals surface area contributed by atoms with Crippen LogP contribution in [0, 0.1) is 5.82 Å². The number of fused-ring (bicyclic) bond motifs is 7. The first-order chi connectivity index (χ1) is 21.9. The number of anilines is 1. The Bertz CT molecular complexity index is 1850. The fourth-order valence-corrected chi connectivity index (χ4v) is 7.59. The van der Waals surface area contributed by atoms with Gasteiger partial charge >= 0.3 is 12.2 Å². The van der Waals surface area contributed by atoms with Crippen molar-refractivity contribution in [3.8, 4) is 17.3 Å². The molecule has 0 amide bonds. The minimum atomic E-state index is -0.919. The third kappa shape index (κ3) is 4.92. The zero-order valence-corrected chi connectivity index (χ0v) is 25.0. The highest BCUT2D eigenvalue weighted by Crippen LogP contribution is 2.42. The van der Waals surface area contributed by atoms with Gasteiger partial charge in [-0.05, 0) is 44.4 Å². The normalized spacial score (nSPS) is 25.8. The van der Waals surface area contributed by atoms with Crippen molar-refractivity contribution in [3.05, 3.63) is 40.9 Å². The van der Waals surface area contributed by atoms with Gasteiger partial charge in [0.15, 0.2) is 5.82 Å². The van der Waals surface area contributed by atoms with E-state index in [4.69, 9.17) is 30.8 Å². The lowest BCUT2D eigenvalue weighted by atomic mass is 9.95. The number of benzene rings is 1. The molecule has 3 saturated heterocycles. The van der Waals surface area contributed by atoms with Crippen LogP contribution in [0.2, 0.25) is 5.02 Å². The Hall–Kier alpha value is -4.10. The zero-order valence-electron chi connectivity index (χ0n) is 24.3. The van der Waals surface area contributed by atoms with Crippen molar-refractivity contribution >= 4 is 51.5 Å². The number of piperidine rings is 1. The zero-order chi connectivity index (χ0) is 30.7. The number of hydrogen-bond acceptors (Lipinski definition) is 10. The van der Waals surface area contributed by atoms with Gasteiger partial charge in [0.25, 0.3) is 0 Å². The summed E-state index contributed by atoms with van der Waals surface area (Å²) in [6.45, 7) is 2.21. The number of carbonyl (C=O) groups is 1. The van der Waals surface area contributed by atoms with Gasteiger partial charge in [-0.15, -0.1) is 0 Å². The average molecular weight is 638 g/mol. The highest BCUT2D eigenvalue weighted by atomic mass is 35.5. The molecule has 0 aliphatic carbocycles. The molecule has 0 saturated carbocycles. The van der Waals surface area contributed by atoms with Crippen LogP contribution in [0.4, 0.5) is 19.4 Å². The fourth-order valence-electron chi connectivity index (χ4n) is 7.32. The van der Waals surface area contributed by atoms with E-state index in [9.17, 15) is 9.18 Å². The van der Waals surface area contributed by atoms with Crippen LogP contribution in [0.1, 0.15) is 37.7 Å². The molecule has 3 aromatic heterocycles. The Morgan fingerprint density at radius 2 is 2.09 bits per heavy atom. The predicted octanol–water partition coefficient (Wildman–Crippen LogP) is 5.46. The van der Waals surface area contributed by atoms with E-state index < -0.39 is 29.8 Å². The minimum absolute atomic E-state index is 0.0136. The highest BCUT2D eigenvalue weighted by Gasteiger charge is 2.49. The molecule has 3 atom stereocenters. The Labute approximate surface area is 261 Å². The molecule has 0 spiro atoms. The van der Waals surface area contributed by atoms with E-state index in [-0.39, 0.29) is 30.4 Å². The van der Waals surface area contributed by atoms with Gasteiger partial charge in [0, 0.05) is 42.2 Å². The summed E-state index contributed by atoms with van der Waals surface area (Å²) in [5.74, 6) is -0.258. The number of carbonyl (C=O) groups excluding carboxylic acids is 1. The van der Waals surface area contributed by atoms with Gasteiger partial charge in [-0.3, -0.25) is 15.0 Å². The van der Waals surface area contributed by atoms with Gasteiger partial charge in [0.1, 0.15) is 42.5 Å². The van der Waals surface area contributed by atoms with Gasteiger partial charge in [0.05, 0.1) is 34.2 Å². The number of H-pyrrole nitrogens is 1. The van der Waals surface area contributed by atoms with E-state index in [0.717, 1.165) is 19.4 Å².